The molecule has 1 saturated heterocycles. The van der Waals surface area contributed by atoms with Crippen LogP contribution in [0.25, 0.3) is 0 Å². The molecule has 0 radical (unpaired) electrons. The number of amides is 2. The van der Waals surface area contributed by atoms with Crippen molar-refractivity contribution in [2.24, 2.45) is 0 Å². The highest BCUT2D eigenvalue weighted by atomic mass is 16.5. The third-order valence-corrected chi connectivity index (χ3v) is 2.46. The summed E-state index contributed by atoms with van der Waals surface area (Å²) in [5, 5.41) is 2.26. The minimum absolute atomic E-state index is 0. The number of rotatable bonds is 2. The Morgan fingerprint density at radius 3 is 2.63 bits per heavy atom. The molecular formula is C15H23NO3. The number of hydrogen-bond donors (Lipinski definition) is 1. The maximum absolute atomic E-state index is 11.4. The zero-order chi connectivity index (χ0) is 14.3. The molecule has 1 N–H and O–H groups in total. The first kappa shape index (κ1) is 15.2. The lowest BCUT2D eigenvalue weighted by Crippen LogP contribution is -2.46. The van der Waals surface area contributed by atoms with Crippen molar-refractivity contribution in [1.29, 1.82) is 0 Å². The van der Waals surface area contributed by atoms with Crippen LogP contribution in [0.5, 0.6) is 5.75 Å². The number of carbonyl (C=O) groups excluding carboxylic acids is 2. The molecule has 1 atom stereocenters. The number of ether oxygens (including phenoxy) is 1. The summed E-state index contributed by atoms with van der Waals surface area (Å²) in [6.45, 7) is 6.21. The van der Waals surface area contributed by atoms with E-state index in [1.165, 1.54) is 6.42 Å². The molecule has 1 aliphatic rings. The van der Waals surface area contributed by atoms with Crippen LogP contribution >= 0.6 is 0 Å². The van der Waals surface area contributed by atoms with Crippen molar-refractivity contribution in [3.05, 3.63) is 29.8 Å². The summed E-state index contributed by atoms with van der Waals surface area (Å²) in [4.78, 5) is 22.4. The van der Waals surface area contributed by atoms with Gasteiger partial charge in [0, 0.05) is 14.3 Å². The number of nitrogens with one attached hydrogen (secondary N) is 1. The highest BCUT2D eigenvalue weighted by Crippen LogP contribution is 2.17. The Labute approximate surface area is 115 Å². The molecule has 0 spiro atoms. The fraction of sp³-hybridized carbons (Fsp3) is 0.467. The van der Waals surface area contributed by atoms with Crippen molar-refractivity contribution in [1.82, 2.24) is 5.32 Å². The van der Waals surface area contributed by atoms with Crippen LogP contribution in [0.3, 0.4) is 0 Å². The van der Waals surface area contributed by atoms with Crippen LogP contribution < -0.4 is 10.1 Å². The van der Waals surface area contributed by atoms with Crippen LogP contribution in [0.15, 0.2) is 24.3 Å². The Morgan fingerprint density at radius 2 is 2.05 bits per heavy atom. The summed E-state index contributed by atoms with van der Waals surface area (Å²) in [7, 11) is 0. The van der Waals surface area contributed by atoms with Crippen LogP contribution in [0.4, 0.5) is 0 Å². The molecule has 0 aromatic heterocycles. The van der Waals surface area contributed by atoms with Gasteiger partial charge in [-0.15, -0.1) is 0 Å². The maximum atomic E-state index is 11.4. The minimum atomic E-state index is -0.556. The molecule has 4 heteroatoms. The molecule has 2 amide bonds. The first-order valence-electron chi connectivity index (χ1n) is 6.63. The zero-order valence-electron chi connectivity index (χ0n) is 11.7. The monoisotopic (exact) mass is 265 g/mol. The number of imide groups is 1. The summed E-state index contributed by atoms with van der Waals surface area (Å²) < 4.78 is 5.53. The van der Waals surface area contributed by atoms with Gasteiger partial charge in [-0.25, -0.2) is 0 Å². The molecule has 106 valence electrons. The van der Waals surface area contributed by atoms with Gasteiger partial charge in [-0.3, -0.25) is 14.9 Å². The van der Waals surface area contributed by atoms with Gasteiger partial charge in [-0.2, -0.15) is 0 Å². The van der Waals surface area contributed by atoms with E-state index in [9.17, 15) is 9.59 Å². The second-order valence-corrected chi connectivity index (χ2v) is 4.58. The summed E-state index contributed by atoms with van der Waals surface area (Å²) in [6.07, 6.45) is 1.47. The molecule has 1 aliphatic heterocycles. The fourth-order valence-corrected chi connectivity index (χ4v) is 1.64. The molecular weight excluding hydrogens is 242 g/mol. The molecule has 0 bridgehead atoms. The van der Waals surface area contributed by atoms with Crippen molar-refractivity contribution in [3.8, 4) is 5.75 Å². The number of carbonyl (C=O) groups is 2. The predicted molar refractivity (Wildman–Crippen MR) is 76.1 cm³/mol. The van der Waals surface area contributed by atoms with Crippen LogP contribution in [0.2, 0.25) is 0 Å². The first-order valence-corrected chi connectivity index (χ1v) is 6.63. The summed E-state index contributed by atoms with van der Waals surface area (Å²) in [5.41, 5.74) is 1.07. The average Bonchev–Trinajstić information content (AvgIpc) is 2.34. The van der Waals surface area contributed by atoms with E-state index in [0.717, 1.165) is 5.56 Å². The second kappa shape index (κ2) is 7.56. The highest BCUT2D eigenvalue weighted by molar-refractivity contribution is 5.99. The van der Waals surface area contributed by atoms with E-state index in [4.69, 9.17) is 4.74 Å². The van der Waals surface area contributed by atoms with E-state index in [1.807, 2.05) is 25.1 Å². The van der Waals surface area contributed by atoms with E-state index < -0.39 is 6.10 Å². The number of piperidine rings is 1. The van der Waals surface area contributed by atoms with Crippen LogP contribution in [-0.2, 0) is 9.59 Å². The van der Waals surface area contributed by atoms with Gasteiger partial charge < -0.3 is 4.74 Å². The van der Waals surface area contributed by atoms with Gasteiger partial charge in [0.25, 0.3) is 5.91 Å². The second-order valence-electron chi connectivity index (χ2n) is 4.58. The molecule has 1 aromatic carbocycles. The third-order valence-electron chi connectivity index (χ3n) is 2.46. The normalized spacial score (nSPS) is 18.2. The summed E-state index contributed by atoms with van der Waals surface area (Å²) >= 11 is 0. The molecule has 1 aromatic rings. The van der Waals surface area contributed by atoms with E-state index >= 15 is 0 Å². The molecule has 1 fully saturated rings. The van der Waals surface area contributed by atoms with Gasteiger partial charge in [0.2, 0.25) is 5.91 Å². The van der Waals surface area contributed by atoms with Crippen LogP contribution in [0.1, 0.15) is 40.1 Å². The molecule has 1 unspecified atom stereocenters. The van der Waals surface area contributed by atoms with Crippen LogP contribution in [0, 0.1) is 6.92 Å². The van der Waals surface area contributed by atoms with Gasteiger partial charge in [0.1, 0.15) is 5.75 Å². The van der Waals surface area contributed by atoms with Gasteiger partial charge in [-0.1, -0.05) is 32.4 Å². The smallest absolute Gasteiger partial charge is 0.267 e. The Balaban J connectivity index is 0.000000830. The lowest BCUT2D eigenvalue weighted by molar-refractivity contribution is -0.138. The largest absolute Gasteiger partial charge is 0.481 e. The number of benzene rings is 1. The Morgan fingerprint density at radius 1 is 1.37 bits per heavy atom. The molecule has 0 aliphatic carbocycles. The van der Waals surface area contributed by atoms with Crippen molar-refractivity contribution in [2.45, 2.75) is 46.1 Å². The van der Waals surface area contributed by atoms with E-state index in [0.29, 0.717) is 18.6 Å². The molecule has 0 saturated carbocycles. The van der Waals surface area contributed by atoms with Gasteiger partial charge >= 0.3 is 0 Å². The minimum Gasteiger partial charge on any atom is -0.481 e. The topological polar surface area (TPSA) is 55.4 Å². The van der Waals surface area contributed by atoms with E-state index in [1.54, 1.807) is 6.07 Å². The number of aryl methyl sites for hydroxylation is 1. The van der Waals surface area contributed by atoms with Crippen molar-refractivity contribution < 1.29 is 15.8 Å². The van der Waals surface area contributed by atoms with Crippen LogP contribution in [-0.4, -0.2) is 17.9 Å². The Bertz CT molecular complexity index is 448. The number of hydrogen-bond acceptors (Lipinski definition) is 3. The SMILES string of the molecule is CCC.Cc1cccc(OC2CCC(=O)NC2=O)c1.[HH]. The Hall–Kier alpha value is -1.84. The van der Waals surface area contributed by atoms with Gasteiger partial charge in [0.05, 0.1) is 0 Å². The lowest BCUT2D eigenvalue weighted by atomic mass is 10.1. The molecule has 2 rings (SSSR count). The van der Waals surface area contributed by atoms with E-state index in [2.05, 4.69) is 19.2 Å². The standard InChI is InChI=1S/C12H13NO3.C3H8.H2/c1-8-3-2-4-9(7-8)16-10-5-6-11(14)13-12(10)15;1-3-2;/h2-4,7,10H,5-6H2,1H3,(H,13,14,15);3H2,1-2H3;1H. The van der Waals surface area contributed by atoms with Crippen molar-refractivity contribution in [3.63, 3.8) is 0 Å². The third kappa shape index (κ3) is 5.12. The average molecular weight is 265 g/mol. The maximum Gasteiger partial charge on any atom is 0.267 e. The Kier molecular flexibility index (Phi) is 6.06. The van der Waals surface area contributed by atoms with Gasteiger partial charge in [-0.05, 0) is 24.6 Å². The van der Waals surface area contributed by atoms with E-state index in [-0.39, 0.29) is 13.2 Å². The fourth-order valence-electron chi connectivity index (χ4n) is 1.64. The first-order chi connectivity index (χ1) is 9.06. The van der Waals surface area contributed by atoms with Gasteiger partial charge in [0.15, 0.2) is 6.10 Å². The summed E-state index contributed by atoms with van der Waals surface area (Å²) in [6, 6.07) is 7.49. The lowest BCUT2D eigenvalue weighted by Gasteiger charge is -2.22. The summed E-state index contributed by atoms with van der Waals surface area (Å²) in [5.74, 6) is 0.0846. The predicted octanol–water partition coefficient (Wildman–Crippen LogP) is 2.84. The molecule has 4 nitrogen and oxygen atoms in total. The molecule has 1 heterocycles. The quantitative estimate of drug-likeness (QED) is 0.837. The van der Waals surface area contributed by atoms with Crippen molar-refractivity contribution in [2.75, 3.05) is 0 Å². The highest BCUT2D eigenvalue weighted by Gasteiger charge is 2.27. The zero-order valence-corrected chi connectivity index (χ0v) is 11.7. The van der Waals surface area contributed by atoms with Crippen molar-refractivity contribution >= 4 is 11.8 Å². The molecule has 19 heavy (non-hydrogen) atoms.